The van der Waals surface area contributed by atoms with E-state index in [1.165, 1.54) is 6.42 Å². The number of Topliss-reactive ketones (excluding diaryl/α,β-unsaturated/α-hetero) is 1. The third kappa shape index (κ3) is 5.50. The number of thioether (sulfide) groups is 1. The lowest BCUT2D eigenvalue weighted by atomic mass is 9.99. The molecule has 1 unspecified atom stereocenters. The highest BCUT2D eigenvalue weighted by Crippen LogP contribution is 2.23. The van der Waals surface area contributed by atoms with Gasteiger partial charge in [-0.05, 0) is 38.0 Å². The molecular weight excluding hydrogens is 220 g/mol. The molecule has 3 heteroatoms. The normalized spacial score (nSPS) is 24.9. The van der Waals surface area contributed by atoms with E-state index < -0.39 is 0 Å². The summed E-state index contributed by atoms with van der Waals surface area (Å²) in [6.07, 6.45) is 12.6. The summed E-state index contributed by atoms with van der Waals surface area (Å²) < 4.78 is 0. The van der Waals surface area contributed by atoms with Crippen molar-refractivity contribution in [2.75, 3.05) is 6.26 Å². The van der Waals surface area contributed by atoms with Gasteiger partial charge in [-0.15, -0.1) is 0 Å². The van der Waals surface area contributed by atoms with Crippen LogP contribution in [0.5, 0.6) is 0 Å². The molecule has 2 aliphatic rings. The molecule has 0 N–H and O–H groups in total. The quantitative estimate of drug-likeness (QED) is 0.708. The summed E-state index contributed by atoms with van der Waals surface area (Å²) in [5.41, 5.74) is 0. The fourth-order valence-electron chi connectivity index (χ4n) is 1.88. The molecule has 0 aromatic heterocycles. The van der Waals surface area contributed by atoms with Crippen LogP contribution >= 0.6 is 11.8 Å². The van der Waals surface area contributed by atoms with Gasteiger partial charge in [-0.25, -0.2) is 0 Å². The van der Waals surface area contributed by atoms with Crippen molar-refractivity contribution in [1.82, 2.24) is 0 Å². The van der Waals surface area contributed by atoms with Crippen LogP contribution in [-0.4, -0.2) is 23.1 Å². The van der Waals surface area contributed by atoms with Gasteiger partial charge < -0.3 is 0 Å². The molecule has 0 aromatic carbocycles. The van der Waals surface area contributed by atoms with Gasteiger partial charge in [0.05, 0.1) is 0 Å². The predicted octanol–water partition coefficient (Wildman–Crippen LogP) is 3.40. The van der Waals surface area contributed by atoms with Crippen LogP contribution in [0.3, 0.4) is 0 Å². The average molecular weight is 243 g/mol. The Morgan fingerprint density at radius 3 is 2.50 bits per heavy atom. The third-order valence-electron chi connectivity index (χ3n) is 2.87. The van der Waals surface area contributed by atoms with Crippen LogP contribution in [0.4, 0.5) is 0 Å². The van der Waals surface area contributed by atoms with E-state index in [-0.39, 0.29) is 7.21 Å². The van der Waals surface area contributed by atoms with Crippen molar-refractivity contribution < 1.29 is 11.0 Å². The van der Waals surface area contributed by atoms with Gasteiger partial charge in [-0.3, -0.25) is 9.59 Å². The summed E-state index contributed by atoms with van der Waals surface area (Å²) >= 11 is 1.83. The van der Waals surface area contributed by atoms with Crippen LogP contribution < -0.4 is 0 Å². The first kappa shape index (κ1) is 13.5. The summed E-state index contributed by atoms with van der Waals surface area (Å²) in [5, 5.41) is 0.631. The Kier molecular flexibility index (Phi) is 6.46. The Balaban J connectivity index is 0.000000292. The molecule has 0 aliphatic heterocycles. The highest BCUT2D eigenvalue weighted by Gasteiger charge is 2.17. The maximum absolute atomic E-state index is 10.8. The van der Waals surface area contributed by atoms with Gasteiger partial charge >= 0.3 is 0 Å². The highest BCUT2D eigenvalue weighted by molar-refractivity contribution is 7.99. The smallest absolute Gasteiger partial charge is 0.155 e. The summed E-state index contributed by atoms with van der Waals surface area (Å²) in [6.45, 7) is 0. The molecule has 0 bridgehead atoms. The van der Waals surface area contributed by atoms with Crippen LogP contribution in [0, 0.1) is 0 Å². The lowest BCUT2D eigenvalue weighted by Crippen LogP contribution is -2.15. The summed E-state index contributed by atoms with van der Waals surface area (Å²) in [6, 6.07) is 0. The topological polar surface area (TPSA) is 34.1 Å². The molecule has 2 aliphatic carbocycles. The number of hydrogen-bond donors (Lipinski definition) is 0. The molecular formula is C13H22O2S. The van der Waals surface area contributed by atoms with Gasteiger partial charge in [0.25, 0.3) is 0 Å². The van der Waals surface area contributed by atoms with Crippen molar-refractivity contribution in [2.45, 2.75) is 50.2 Å². The molecule has 16 heavy (non-hydrogen) atoms. The second-order valence-electron chi connectivity index (χ2n) is 4.25. The first-order valence-electron chi connectivity index (χ1n) is 5.96. The Bertz CT molecular complexity index is 277. The lowest BCUT2D eigenvalue weighted by Gasteiger charge is -2.17. The maximum Gasteiger partial charge on any atom is 0.155 e. The van der Waals surface area contributed by atoms with Gasteiger partial charge in [0.2, 0.25) is 0 Å². The van der Waals surface area contributed by atoms with Crippen molar-refractivity contribution in [2.24, 2.45) is 0 Å². The van der Waals surface area contributed by atoms with Crippen molar-refractivity contribution in [3.63, 3.8) is 0 Å². The van der Waals surface area contributed by atoms with Crippen molar-refractivity contribution in [3.8, 4) is 0 Å². The van der Waals surface area contributed by atoms with Crippen molar-refractivity contribution in [3.05, 3.63) is 12.2 Å². The monoisotopic (exact) mass is 243 g/mol. The summed E-state index contributed by atoms with van der Waals surface area (Å²) in [7, 11) is 0. The molecule has 2 nitrogen and oxygen atoms in total. The zero-order valence-electron chi connectivity index (χ0n) is 9.91. The van der Waals surface area contributed by atoms with E-state index in [1.54, 1.807) is 6.08 Å². The second-order valence-corrected chi connectivity index (χ2v) is 5.39. The Morgan fingerprint density at radius 1 is 1.31 bits per heavy atom. The predicted molar refractivity (Wildman–Crippen MR) is 70.9 cm³/mol. The van der Waals surface area contributed by atoms with E-state index in [0.29, 0.717) is 11.0 Å². The molecule has 1 saturated carbocycles. The Labute approximate surface area is 103 Å². The largest absolute Gasteiger partial charge is 0.300 e. The van der Waals surface area contributed by atoms with Crippen molar-refractivity contribution in [1.29, 1.82) is 0 Å². The zero-order chi connectivity index (χ0) is 11.8. The van der Waals surface area contributed by atoms with Crippen LogP contribution in [0.25, 0.3) is 0 Å². The highest BCUT2D eigenvalue weighted by atomic mass is 32.2. The minimum atomic E-state index is 0. The second kappa shape index (κ2) is 7.66. The summed E-state index contributed by atoms with van der Waals surface area (Å²) in [4.78, 5) is 21.2. The minimum Gasteiger partial charge on any atom is -0.300 e. The molecule has 0 heterocycles. The Morgan fingerprint density at radius 2 is 2.12 bits per heavy atom. The molecule has 0 radical (unpaired) electrons. The van der Waals surface area contributed by atoms with E-state index in [1.807, 2.05) is 17.8 Å². The lowest BCUT2D eigenvalue weighted by molar-refractivity contribution is -0.120. The molecule has 1 fully saturated rings. The van der Waals surface area contributed by atoms with E-state index in [4.69, 9.17) is 0 Å². The number of carbonyl (C=O) groups excluding carboxylic acids is 2. The number of carbonyl (C=O) groups is 2. The van der Waals surface area contributed by atoms with Crippen LogP contribution in [0.1, 0.15) is 46.4 Å². The molecule has 92 valence electrons. The molecule has 0 amide bonds. The van der Waals surface area contributed by atoms with E-state index in [9.17, 15) is 9.59 Å². The Hall–Kier alpha value is -0.570. The van der Waals surface area contributed by atoms with Gasteiger partial charge in [0.1, 0.15) is 5.78 Å². The number of rotatable bonds is 1. The van der Waals surface area contributed by atoms with Gasteiger partial charge in [0.15, 0.2) is 5.78 Å². The summed E-state index contributed by atoms with van der Waals surface area (Å²) in [5.74, 6) is 0.742. The molecule has 0 spiro atoms. The van der Waals surface area contributed by atoms with E-state index >= 15 is 0 Å². The van der Waals surface area contributed by atoms with Crippen LogP contribution in [-0.2, 0) is 9.59 Å². The third-order valence-corrected chi connectivity index (χ3v) is 3.94. The minimum absolute atomic E-state index is 0. The fraction of sp³-hybridized carbons (Fsp3) is 0.692. The molecule has 0 aromatic rings. The van der Waals surface area contributed by atoms with Crippen LogP contribution in [0.15, 0.2) is 12.2 Å². The first-order valence-corrected chi connectivity index (χ1v) is 7.25. The molecule has 0 saturated heterocycles. The van der Waals surface area contributed by atoms with Gasteiger partial charge in [-0.1, -0.05) is 6.08 Å². The fourth-order valence-corrected chi connectivity index (χ4v) is 2.63. The standard InChI is InChI=1S/C7H12OS.C6H8O.H2/c1-9-7-4-2-3-6(8)5-7;7-6-4-2-1-3-5-6;/h7H,2-5H2,1H3;2,4H,1,3,5H2;1H/i;;1+1. The van der Waals surface area contributed by atoms with Gasteiger partial charge in [-0.2, -0.15) is 11.8 Å². The van der Waals surface area contributed by atoms with Crippen molar-refractivity contribution >= 4 is 23.3 Å². The SMILES string of the molecule is CSC1CCCC(=O)C1.O=C1C=CCCC1.[2HH]. The first-order chi connectivity index (χ1) is 7.72. The number of ketones is 2. The zero-order valence-corrected chi connectivity index (χ0v) is 10.7. The number of allylic oxidation sites excluding steroid dienone is 2. The van der Waals surface area contributed by atoms with E-state index in [0.717, 1.165) is 38.5 Å². The number of hydrogen-bond acceptors (Lipinski definition) is 3. The van der Waals surface area contributed by atoms with Gasteiger partial charge in [0, 0.05) is 25.9 Å². The van der Waals surface area contributed by atoms with E-state index in [2.05, 4.69) is 6.26 Å². The molecule has 2 rings (SSSR count). The maximum atomic E-state index is 10.8. The average Bonchev–Trinajstić information content (AvgIpc) is 2.31. The van der Waals surface area contributed by atoms with Crippen LogP contribution in [0.2, 0.25) is 0 Å². The molecule has 1 atom stereocenters.